The summed E-state index contributed by atoms with van der Waals surface area (Å²) in [5.74, 6) is -0.283. The normalized spacial score (nSPS) is 15.9. The predicted molar refractivity (Wildman–Crippen MR) is 264 cm³/mol. The van der Waals surface area contributed by atoms with Crippen LogP contribution in [-0.2, 0) is 21.9 Å². The highest BCUT2D eigenvalue weighted by Crippen LogP contribution is 2.48. The number of carbonyl (C=O) groups excluding carboxylic acids is 2. The monoisotopic (exact) mass is 1010 g/mol. The van der Waals surface area contributed by atoms with Crippen molar-refractivity contribution in [1.29, 1.82) is 0 Å². The van der Waals surface area contributed by atoms with Gasteiger partial charge in [-0.25, -0.2) is 0 Å². The van der Waals surface area contributed by atoms with Crippen LogP contribution >= 0.6 is 45.9 Å². The van der Waals surface area contributed by atoms with E-state index in [1.165, 1.54) is 0 Å². The van der Waals surface area contributed by atoms with Gasteiger partial charge in [-0.2, -0.15) is 36.6 Å². The van der Waals surface area contributed by atoms with Crippen molar-refractivity contribution in [3.63, 3.8) is 0 Å². The maximum absolute atomic E-state index is 15.0. The molecule has 2 aromatic heterocycles. The Morgan fingerprint density at radius 3 is 0.985 bits per heavy atom. The number of Topliss-reactive ketones (excluding diaryl/α,β-unsaturated/α-hetero) is 2. The molecule has 6 rings (SSSR count). The van der Waals surface area contributed by atoms with E-state index in [4.69, 9.17) is 23.2 Å². The van der Waals surface area contributed by atoms with E-state index in [9.17, 15) is 9.59 Å². The van der Waals surface area contributed by atoms with Crippen molar-refractivity contribution >= 4 is 80.2 Å². The molecule has 2 heterocycles. The Morgan fingerprint density at radius 2 is 0.750 bits per heavy atom. The number of rotatable bonds is 7. The molecular formula is C52H50Cl2F6N4O2S2. The molecule has 0 spiro atoms. The van der Waals surface area contributed by atoms with Crippen molar-refractivity contribution < 1.29 is 35.9 Å². The molecule has 0 radical (unpaired) electrons. The summed E-state index contributed by atoms with van der Waals surface area (Å²) in [6.45, 7) is 22.7. The Hall–Kier alpha value is -5.02. The Balaban J connectivity index is 1.49. The van der Waals surface area contributed by atoms with Gasteiger partial charge in [-0.3, -0.25) is 9.59 Å². The summed E-state index contributed by atoms with van der Waals surface area (Å²) >= 11 is 14.9. The minimum atomic E-state index is -5.13. The highest BCUT2D eigenvalue weighted by molar-refractivity contribution is 7.17. The zero-order valence-corrected chi connectivity index (χ0v) is 42.7. The lowest BCUT2D eigenvalue weighted by atomic mass is 9.71. The van der Waals surface area contributed by atoms with Crippen LogP contribution in [0, 0.1) is 21.7 Å². The Bertz CT molecular complexity index is 2690. The maximum Gasteiger partial charge on any atom is 0.417 e. The van der Waals surface area contributed by atoms with Gasteiger partial charge in [0.05, 0.1) is 40.9 Å². The smallest absolute Gasteiger partial charge is 0.289 e. The van der Waals surface area contributed by atoms with Crippen LogP contribution in [0.15, 0.2) is 139 Å². The van der Waals surface area contributed by atoms with E-state index in [0.29, 0.717) is 64.0 Å². The molecule has 2 aliphatic rings. The number of hydrogen-bond donors (Lipinski definition) is 0. The fraction of sp³-hybridized carbons (Fsp3) is 0.346. The van der Waals surface area contributed by atoms with E-state index < -0.39 is 56.3 Å². The third-order valence-corrected chi connectivity index (χ3v) is 13.5. The lowest BCUT2D eigenvalue weighted by molar-refractivity contribution is -0.139. The van der Waals surface area contributed by atoms with Gasteiger partial charge < -0.3 is 0 Å². The third kappa shape index (κ3) is 11.7. The van der Waals surface area contributed by atoms with Crippen LogP contribution in [0.2, 0.25) is 8.67 Å². The van der Waals surface area contributed by atoms with Crippen LogP contribution in [0.25, 0.3) is 22.5 Å². The van der Waals surface area contributed by atoms with Crippen molar-refractivity contribution in [2.24, 2.45) is 42.1 Å². The molecule has 0 saturated heterocycles. The number of carbonyl (C=O) groups is 2. The number of azo groups is 2. The molecule has 16 heteroatoms. The van der Waals surface area contributed by atoms with E-state index in [2.05, 4.69) is 20.5 Å². The van der Waals surface area contributed by atoms with E-state index in [1.807, 2.05) is 83.1 Å². The fourth-order valence-electron chi connectivity index (χ4n) is 7.48. The van der Waals surface area contributed by atoms with Crippen molar-refractivity contribution in [1.82, 2.24) is 0 Å². The summed E-state index contributed by atoms with van der Waals surface area (Å²) in [6.07, 6.45) is -3.49. The summed E-state index contributed by atoms with van der Waals surface area (Å²) in [5.41, 5.74) is -3.79. The molecule has 4 aromatic rings. The van der Waals surface area contributed by atoms with Crippen molar-refractivity contribution in [3.8, 4) is 11.1 Å². The van der Waals surface area contributed by atoms with Gasteiger partial charge in [-0.05, 0) is 106 Å². The summed E-state index contributed by atoms with van der Waals surface area (Å²) in [5, 5.41) is 17.3. The summed E-state index contributed by atoms with van der Waals surface area (Å²) < 4.78 is 90.8. The highest BCUT2D eigenvalue weighted by atomic mass is 35.5. The van der Waals surface area contributed by atoms with Crippen molar-refractivity contribution in [2.75, 3.05) is 0 Å². The standard InChI is InChI=1S/C52H50Cl2F6N4O2S2/c1-47(2,3)35-21-27(22-36(45(35)65)48(4,5)6)43(39-17-19-41(53)67-39)63-61-29-13-15-31(33(25-29)51(55,56)57)32-16-14-30(26-34(32)52(58,59)60)62-64-44(40-18-20-42(54)68-40)28-23-37(49(7,8)9)46(66)38(24-28)50(10,11)12/h13-26H,1-12H3. The summed E-state index contributed by atoms with van der Waals surface area (Å²) in [6, 6.07) is 12.1. The molecular weight excluding hydrogens is 962 g/mol. The van der Waals surface area contributed by atoms with Crippen LogP contribution in [0.5, 0.6) is 0 Å². The Kier molecular flexibility index (Phi) is 14.4. The first-order valence-electron chi connectivity index (χ1n) is 21.4. The van der Waals surface area contributed by atoms with Crippen molar-refractivity contribution in [3.05, 3.63) is 148 Å². The Labute approximate surface area is 410 Å². The number of allylic oxidation sites excluding steroid dienone is 10. The number of thiophene rings is 2. The van der Waals surface area contributed by atoms with Gasteiger partial charge in [-0.1, -0.05) is 118 Å². The van der Waals surface area contributed by atoms with Gasteiger partial charge >= 0.3 is 12.4 Å². The zero-order chi connectivity index (χ0) is 50.7. The van der Waals surface area contributed by atoms with Crippen LogP contribution < -0.4 is 0 Å². The average molecular weight is 1010 g/mol. The van der Waals surface area contributed by atoms with Gasteiger partial charge in [-0.15, -0.1) is 32.9 Å². The third-order valence-electron chi connectivity index (χ3n) is 11.0. The number of alkyl halides is 6. The van der Waals surface area contributed by atoms with Gasteiger partial charge in [0.15, 0.2) is 11.6 Å². The van der Waals surface area contributed by atoms with Gasteiger partial charge in [0, 0.05) is 33.4 Å². The van der Waals surface area contributed by atoms with E-state index in [1.54, 1.807) is 48.6 Å². The molecule has 0 bridgehead atoms. The molecule has 0 aliphatic heterocycles. The average Bonchev–Trinajstić information content (AvgIpc) is 3.83. The van der Waals surface area contributed by atoms with Crippen LogP contribution in [0.4, 0.5) is 37.7 Å². The highest BCUT2D eigenvalue weighted by Gasteiger charge is 2.40. The zero-order valence-electron chi connectivity index (χ0n) is 39.5. The molecule has 2 aliphatic carbocycles. The van der Waals surface area contributed by atoms with E-state index in [0.717, 1.165) is 46.9 Å². The summed E-state index contributed by atoms with van der Waals surface area (Å²) in [4.78, 5) is 28.5. The molecule has 2 aromatic carbocycles. The number of halogens is 8. The van der Waals surface area contributed by atoms with Crippen LogP contribution in [-0.4, -0.2) is 11.6 Å². The van der Waals surface area contributed by atoms with E-state index in [-0.39, 0.29) is 34.3 Å². The molecule has 0 unspecified atom stereocenters. The van der Waals surface area contributed by atoms with Crippen molar-refractivity contribution in [2.45, 2.75) is 95.4 Å². The molecule has 6 nitrogen and oxygen atoms in total. The molecule has 0 atom stereocenters. The largest absolute Gasteiger partial charge is 0.417 e. The van der Waals surface area contributed by atoms with Gasteiger partial charge in [0.1, 0.15) is 11.4 Å². The Morgan fingerprint density at radius 1 is 0.456 bits per heavy atom. The minimum Gasteiger partial charge on any atom is -0.289 e. The first-order valence-corrected chi connectivity index (χ1v) is 23.8. The van der Waals surface area contributed by atoms with Crippen LogP contribution in [0.1, 0.15) is 104 Å². The molecule has 0 fully saturated rings. The van der Waals surface area contributed by atoms with E-state index >= 15 is 26.3 Å². The second-order valence-electron chi connectivity index (χ2n) is 20.6. The predicted octanol–water partition coefficient (Wildman–Crippen LogP) is 18.9. The number of nitrogens with zero attached hydrogens (tertiary/aromatic N) is 4. The fourth-order valence-corrected chi connectivity index (χ4v) is 9.58. The van der Waals surface area contributed by atoms with Gasteiger partial charge in [0.2, 0.25) is 0 Å². The molecule has 0 N–H and O–H groups in total. The maximum atomic E-state index is 15.0. The SMILES string of the molecule is CC(C)(C)C1=CC(=C(N=Nc2ccc(-c3ccc(N=NC(=C4C=C(C(C)(C)C)C(=O)C(C(C)(C)C)=C4)c4ccc(Cl)s4)cc3C(F)(F)F)c(C(F)(F)F)c2)c2ccc(Cl)s2)C=C(C(C)(C)C)C1=O. The second-order valence-corrected chi connectivity index (χ2v) is 24.0. The first kappa shape index (κ1) is 52.4. The molecule has 0 saturated carbocycles. The van der Waals surface area contributed by atoms with Gasteiger partial charge in [0.25, 0.3) is 0 Å². The van der Waals surface area contributed by atoms with Crippen LogP contribution in [0.3, 0.4) is 0 Å². The first-order chi connectivity index (χ1) is 31.1. The lowest BCUT2D eigenvalue weighted by Crippen LogP contribution is -2.28. The number of hydrogen-bond acceptors (Lipinski definition) is 8. The quantitative estimate of drug-likeness (QED) is 0.136. The number of benzene rings is 2. The summed E-state index contributed by atoms with van der Waals surface area (Å²) in [7, 11) is 0. The topological polar surface area (TPSA) is 83.6 Å². The minimum absolute atomic E-state index is 0.141. The molecule has 0 amide bonds. The lowest BCUT2D eigenvalue weighted by Gasteiger charge is -2.31. The molecule has 358 valence electrons. The molecule has 68 heavy (non-hydrogen) atoms. The number of ketones is 2. The second kappa shape index (κ2) is 18.7.